The summed E-state index contributed by atoms with van der Waals surface area (Å²) in [6.07, 6.45) is 1.17. The smallest absolute Gasteiger partial charge is 0.116 e. The second-order valence-corrected chi connectivity index (χ2v) is 3.57. The summed E-state index contributed by atoms with van der Waals surface area (Å²) in [6, 6.07) is 7.58. The maximum absolute atomic E-state index is 12.4. The molecule has 0 fully saturated rings. The minimum atomic E-state index is -0.471. The zero-order chi connectivity index (χ0) is 9.68. The third-order valence-corrected chi connectivity index (χ3v) is 2.55. The maximum Gasteiger partial charge on any atom is 0.116 e. The lowest BCUT2D eigenvalue weighted by molar-refractivity contribution is 0.483. The lowest BCUT2D eigenvalue weighted by Crippen LogP contribution is -1.88. The number of alkyl halides is 1. The molecular formula is C10H9BrFN. The SMILES string of the molecule is N#CCCc1ccc(Br)c(CF)c1. The highest BCUT2D eigenvalue weighted by atomic mass is 79.9. The van der Waals surface area contributed by atoms with Gasteiger partial charge < -0.3 is 0 Å². The van der Waals surface area contributed by atoms with Gasteiger partial charge in [0.25, 0.3) is 0 Å². The zero-order valence-electron chi connectivity index (χ0n) is 7.06. The van der Waals surface area contributed by atoms with E-state index >= 15 is 0 Å². The zero-order valence-corrected chi connectivity index (χ0v) is 8.64. The monoisotopic (exact) mass is 241 g/mol. The fourth-order valence-electron chi connectivity index (χ4n) is 1.09. The van der Waals surface area contributed by atoms with E-state index < -0.39 is 6.67 Å². The van der Waals surface area contributed by atoms with E-state index in [0.29, 0.717) is 18.4 Å². The number of rotatable bonds is 3. The van der Waals surface area contributed by atoms with E-state index in [4.69, 9.17) is 5.26 Å². The Morgan fingerprint density at radius 1 is 1.46 bits per heavy atom. The average Bonchev–Trinajstić information content (AvgIpc) is 2.16. The molecule has 1 nitrogen and oxygen atoms in total. The van der Waals surface area contributed by atoms with Crippen LogP contribution in [0.5, 0.6) is 0 Å². The van der Waals surface area contributed by atoms with Crippen molar-refractivity contribution in [3.8, 4) is 6.07 Å². The number of nitrogens with zero attached hydrogens (tertiary/aromatic N) is 1. The van der Waals surface area contributed by atoms with Gasteiger partial charge in [0.2, 0.25) is 0 Å². The standard InChI is InChI=1S/C10H9BrFN/c11-10-4-3-8(2-1-5-13)6-9(10)7-12/h3-4,6H,1-2,7H2. The summed E-state index contributed by atoms with van der Waals surface area (Å²) in [5, 5.41) is 8.38. The number of hydrogen-bond acceptors (Lipinski definition) is 1. The molecule has 13 heavy (non-hydrogen) atoms. The molecule has 0 aliphatic rings. The predicted molar refractivity (Wildman–Crippen MR) is 52.9 cm³/mol. The Labute approximate surface area is 85.3 Å². The van der Waals surface area contributed by atoms with E-state index in [-0.39, 0.29) is 0 Å². The first-order chi connectivity index (χ1) is 6.27. The molecule has 0 heterocycles. The average molecular weight is 242 g/mol. The van der Waals surface area contributed by atoms with Crippen LogP contribution in [0.25, 0.3) is 0 Å². The van der Waals surface area contributed by atoms with Crippen molar-refractivity contribution in [3.63, 3.8) is 0 Å². The largest absolute Gasteiger partial charge is 0.246 e. The summed E-state index contributed by atoms with van der Waals surface area (Å²) in [4.78, 5) is 0. The van der Waals surface area contributed by atoms with Gasteiger partial charge in [0.15, 0.2) is 0 Å². The van der Waals surface area contributed by atoms with Crippen molar-refractivity contribution in [2.75, 3.05) is 0 Å². The lowest BCUT2D eigenvalue weighted by Gasteiger charge is -2.02. The van der Waals surface area contributed by atoms with Crippen molar-refractivity contribution in [3.05, 3.63) is 33.8 Å². The van der Waals surface area contributed by atoms with Crippen LogP contribution in [0, 0.1) is 11.3 Å². The number of aryl methyl sites for hydroxylation is 1. The molecule has 0 aliphatic carbocycles. The van der Waals surface area contributed by atoms with Crippen LogP contribution in [0.3, 0.4) is 0 Å². The van der Waals surface area contributed by atoms with Gasteiger partial charge in [-0.25, -0.2) is 4.39 Å². The van der Waals surface area contributed by atoms with Crippen LogP contribution in [-0.4, -0.2) is 0 Å². The predicted octanol–water partition coefficient (Wildman–Crippen LogP) is 3.37. The van der Waals surface area contributed by atoms with Gasteiger partial charge in [-0.15, -0.1) is 0 Å². The van der Waals surface area contributed by atoms with E-state index in [2.05, 4.69) is 22.0 Å². The van der Waals surface area contributed by atoms with Gasteiger partial charge in [-0.1, -0.05) is 28.1 Å². The molecule has 0 bridgehead atoms. The topological polar surface area (TPSA) is 23.8 Å². The third-order valence-electron chi connectivity index (χ3n) is 1.78. The summed E-state index contributed by atoms with van der Waals surface area (Å²) >= 11 is 3.25. The van der Waals surface area contributed by atoms with Crippen LogP contribution >= 0.6 is 15.9 Å². The molecule has 3 heteroatoms. The summed E-state index contributed by atoms with van der Waals surface area (Å²) in [5.74, 6) is 0. The first-order valence-corrected chi connectivity index (χ1v) is 4.77. The van der Waals surface area contributed by atoms with Crippen LogP contribution in [0.15, 0.2) is 22.7 Å². The second-order valence-electron chi connectivity index (χ2n) is 2.72. The van der Waals surface area contributed by atoms with Gasteiger partial charge in [-0.2, -0.15) is 5.26 Å². The van der Waals surface area contributed by atoms with E-state index in [1.165, 1.54) is 0 Å². The molecule has 0 saturated heterocycles. The Kier molecular flexibility index (Phi) is 3.91. The van der Waals surface area contributed by atoms with E-state index in [1.807, 2.05) is 12.1 Å². The Morgan fingerprint density at radius 2 is 2.23 bits per heavy atom. The maximum atomic E-state index is 12.4. The van der Waals surface area contributed by atoms with Crippen LogP contribution in [0.1, 0.15) is 17.5 Å². The molecule has 0 spiro atoms. The van der Waals surface area contributed by atoms with Crippen molar-refractivity contribution in [1.29, 1.82) is 5.26 Å². The summed E-state index contributed by atoms with van der Waals surface area (Å²) in [6.45, 7) is -0.471. The normalized spacial score (nSPS) is 9.62. The molecular weight excluding hydrogens is 233 g/mol. The minimum Gasteiger partial charge on any atom is -0.246 e. The highest BCUT2D eigenvalue weighted by Crippen LogP contribution is 2.19. The fourth-order valence-corrected chi connectivity index (χ4v) is 1.44. The van der Waals surface area contributed by atoms with Crippen molar-refractivity contribution in [1.82, 2.24) is 0 Å². The van der Waals surface area contributed by atoms with E-state index in [9.17, 15) is 4.39 Å². The molecule has 0 N–H and O–H groups in total. The lowest BCUT2D eigenvalue weighted by atomic mass is 10.1. The molecule has 0 unspecified atom stereocenters. The van der Waals surface area contributed by atoms with Gasteiger partial charge in [0, 0.05) is 10.9 Å². The summed E-state index contributed by atoms with van der Waals surface area (Å²) in [7, 11) is 0. The van der Waals surface area contributed by atoms with Crippen LogP contribution in [0.4, 0.5) is 4.39 Å². The number of benzene rings is 1. The molecule has 0 atom stereocenters. The third kappa shape index (κ3) is 2.82. The molecule has 68 valence electrons. The van der Waals surface area contributed by atoms with Gasteiger partial charge in [0.1, 0.15) is 6.67 Å². The number of hydrogen-bond donors (Lipinski definition) is 0. The molecule has 1 aromatic carbocycles. The first kappa shape index (κ1) is 10.2. The number of nitriles is 1. The highest BCUT2D eigenvalue weighted by molar-refractivity contribution is 9.10. The molecule has 0 saturated carbocycles. The summed E-state index contributed by atoms with van der Waals surface area (Å²) < 4.78 is 13.2. The molecule has 0 aromatic heterocycles. The van der Waals surface area contributed by atoms with Gasteiger partial charge >= 0.3 is 0 Å². The molecule has 0 amide bonds. The first-order valence-electron chi connectivity index (χ1n) is 3.98. The highest BCUT2D eigenvalue weighted by Gasteiger charge is 2.00. The Bertz CT molecular complexity index is 330. The van der Waals surface area contributed by atoms with Crippen LogP contribution < -0.4 is 0 Å². The van der Waals surface area contributed by atoms with Crippen LogP contribution in [-0.2, 0) is 13.1 Å². The van der Waals surface area contributed by atoms with Crippen molar-refractivity contribution < 1.29 is 4.39 Å². The minimum absolute atomic E-state index is 0.471. The molecule has 0 aliphatic heterocycles. The van der Waals surface area contributed by atoms with Crippen molar-refractivity contribution >= 4 is 15.9 Å². The van der Waals surface area contributed by atoms with E-state index in [0.717, 1.165) is 10.0 Å². The summed E-state index contributed by atoms with van der Waals surface area (Å²) in [5.41, 5.74) is 1.66. The van der Waals surface area contributed by atoms with Gasteiger partial charge in [-0.05, 0) is 23.6 Å². The van der Waals surface area contributed by atoms with Crippen LogP contribution in [0.2, 0.25) is 0 Å². The Balaban J connectivity index is 2.81. The Morgan fingerprint density at radius 3 is 2.85 bits per heavy atom. The molecule has 1 rings (SSSR count). The second kappa shape index (κ2) is 4.98. The van der Waals surface area contributed by atoms with Gasteiger partial charge in [-0.3, -0.25) is 0 Å². The molecule has 1 aromatic rings. The van der Waals surface area contributed by atoms with Gasteiger partial charge in [0.05, 0.1) is 6.07 Å². The fraction of sp³-hybridized carbons (Fsp3) is 0.300. The van der Waals surface area contributed by atoms with E-state index in [1.54, 1.807) is 6.07 Å². The number of halogens is 2. The Hall–Kier alpha value is -0.880. The van der Waals surface area contributed by atoms with Crippen molar-refractivity contribution in [2.24, 2.45) is 0 Å². The quantitative estimate of drug-likeness (QED) is 0.797. The van der Waals surface area contributed by atoms with Crippen molar-refractivity contribution in [2.45, 2.75) is 19.5 Å². The molecule has 0 radical (unpaired) electrons.